The Kier molecular flexibility index (Phi) is 5.30. The third-order valence-corrected chi connectivity index (χ3v) is 11.1. The molecule has 7 aromatic carbocycles. The van der Waals surface area contributed by atoms with Crippen molar-refractivity contribution >= 4 is 66.7 Å². The molecule has 0 fully saturated rings. The van der Waals surface area contributed by atoms with Gasteiger partial charge in [0.25, 0.3) is 6.71 Å². The third-order valence-electron chi connectivity index (χ3n) is 11.1. The molecule has 0 saturated heterocycles. The number of para-hydroxylation sites is 4. The fraction of sp³-hybridized carbons (Fsp3) is 0. The van der Waals surface area contributed by atoms with Crippen LogP contribution in [0.1, 0.15) is 0 Å². The molecule has 0 radical (unpaired) electrons. The molecule has 9 heteroatoms. The molecule has 0 spiro atoms. The average molecular weight is 694 g/mol. The van der Waals surface area contributed by atoms with E-state index in [9.17, 15) is 0 Å². The lowest BCUT2D eigenvalue weighted by atomic mass is 9.34. The third kappa shape index (κ3) is 3.60. The van der Waals surface area contributed by atoms with Crippen molar-refractivity contribution in [1.29, 1.82) is 0 Å². The van der Waals surface area contributed by atoms with Crippen LogP contribution in [0.4, 0.5) is 0 Å². The predicted molar refractivity (Wildman–Crippen MR) is 212 cm³/mol. The number of rotatable bonds is 3. The highest BCUT2D eigenvalue weighted by atomic mass is 16.5. The fourth-order valence-electron chi connectivity index (χ4n) is 8.93. The molecule has 0 saturated carbocycles. The van der Waals surface area contributed by atoms with Gasteiger partial charge in [0.15, 0.2) is 5.82 Å². The zero-order valence-electron chi connectivity index (χ0n) is 28.4. The van der Waals surface area contributed by atoms with E-state index < -0.39 is 0 Å². The number of fused-ring (bicyclic) bond motifs is 6. The summed E-state index contributed by atoms with van der Waals surface area (Å²) in [6.07, 6.45) is 0. The van der Waals surface area contributed by atoms with Crippen molar-refractivity contribution in [3.05, 3.63) is 146 Å². The maximum atomic E-state index is 6.90. The smallest absolute Gasteiger partial charge is 0.270 e. The molecule has 0 atom stereocenters. The molecule has 3 aromatic heterocycles. The van der Waals surface area contributed by atoms with E-state index in [0.29, 0.717) is 23.5 Å². The van der Waals surface area contributed by atoms with Gasteiger partial charge in [-0.15, -0.1) is 0 Å². The van der Waals surface area contributed by atoms with E-state index in [1.165, 1.54) is 0 Å². The molecule has 13 rings (SSSR count). The SMILES string of the molecule is c1cc2c3c(c1)Oc1ccc(-c4nc(-n5c6ccccc6c6ccccc65)nc(-n5c6ccccc6c6ccccc65)n4)c4c1B3c1c(cccc1O4)O2. The molecule has 0 bridgehead atoms. The van der Waals surface area contributed by atoms with E-state index in [0.717, 1.165) is 94.3 Å². The Balaban J connectivity index is 1.13. The first-order chi connectivity index (χ1) is 26.8. The molecule has 250 valence electrons. The molecule has 0 N–H and O–H groups in total. The molecule has 10 aromatic rings. The van der Waals surface area contributed by atoms with Gasteiger partial charge in [-0.05, 0) is 60.7 Å². The largest absolute Gasteiger partial charge is 0.458 e. The monoisotopic (exact) mass is 693 g/mol. The van der Waals surface area contributed by atoms with Crippen molar-refractivity contribution < 1.29 is 14.2 Å². The number of hydrogen-bond acceptors (Lipinski definition) is 6. The van der Waals surface area contributed by atoms with Crippen LogP contribution in [0.2, 0.25) is 0 Å². The Morgan fingerprint density at radius 1 is 0.370 bits per heavy atom. The van der Waals surface area contributed by atoms with Crippen LogP contribution in [-0.4, -0.2) is 30.8 Å². The Morgan fingerprint density at radius 3 is 1.24 bits per heavy atom. The van der Waals surface area contributed by atoms with Crippen molar-refractivity contribution in [2.75, 3.05) is 0 Å². The van der Waals surface area contributed by atoms with E-state index in [4.69, 9.17) is 29.2 Å². The van der Waals surface area contributed by atoms with E-state index in [1.807, 2.05) is 48.5 Å². The van der Waals surface area contributed by atoms with Crippen LogP contribution in [0.15, 0.2) is 146 Å². The maximum Gasteiger partial charge on any atom is 0.270 e. The number of ether oxygens (including phenoxy) is 3. The highest BCUT2D eigenvalue weighted by Gasteiger charge is 2.47. The Hall–Kier alpha value is -7.39. The van der Waals surface area contributed by atoms with Gasteiger partial charge in [0.1, 0.15) is 34.5 Å². The van der Waals surface area contributed by atoms with E-state index in [-0.39, 0.29) is 6.71 Å². The lowest BCUT2D eigenvalue weighted by Crippen LogP contribution is -2.59. The van der Waals surface area contributed by atoms with Crippen molar-refractivity contribution in [1.82, 2.24) is 24.1 Å². The molecule has 0 unspecified atom stereocenters. The van der Waals surface area contributed by atoms with Crippen LogP contribution in [0.5, 0.6) is 34.5 Å². The summed E-state index contributed by atoms with van der Waals surface area (Å²) in [5.74, 6) is 6.00. The molecular formula is C45H24BN5O3. The second-order valence-electron chi connectivity index (χ2n) is 13.9. The highest BCUT2D eigenvalue weighted by molar-refractivity contribution is 6.99. The Bertz CT molecular complexity index is 3020. The normalized spacial score (nSPS) is 13.2. The minimum Gasteiger partial charge on any atom is -0.458 e. The van der Waals surface area contributed by atoms with Gasteiger partial charge in [-0.25, -0.2) is 0 Å². The highest BCUT2D eigenvalue weighted by Crippen LogP contribution is 2.45. The summed E-state index contributed by atoms with van der Waals surface area (Å²) >= 11 is 0. The summed E-state index contributed by atoms with van der Waals surface area (Å²) < 4.78 is 24.2. The number of benzene rings is 7. The van der Waals surface area contributed by atoms with Crippen LogP contribution < -0.4 is 30.6 Å². The van der Waals surface area contributed by atoms with E-state index in [1.54, 1.807) is 0 Å². The van der Waals surface area contributed by atoms with Crippen LogP contribution in [0.3, 0.4) is 0 Å². The van der Waals surface area contributed by atoms with Crippen molar-refractivity contribution in [3.63, 3.8) is 0 Å². The van der Waals surface area contributed by atoms with Gasteiger partial charge in [-0.3, -0.25) is 9.13 Å². The van der Waals surface area contributed by atoms with Gasteiger partial charge in [0.05, 0.1) is 27.6 Å². The van der Waals surface area contributed by atoms with Gasteiger partial charge in [0.2, 0.25) is 11.9 Å². The summed E-state index contributed by atoms with van der Waals surface area (Å²) in [6.45, 7) is -0.140. The lowest BCUT2D eigenvalue weighted by molar-refractivity contribution is 0.443. The number of hydrogen-bond donors (Lipinski definition) is 0. The topological polar surface area (TPSA) is 76.2 Å². The van der Waals surface area contributed by atoms with Crippen LogP contribution in [0.25, 0.3) is 66.9 Å². The molecule has 3 aliphatic rings. The Morgan fingerprint density at radius 2 is 0.778 bits per heavy atom. The quantitative estimate of drug-likeness (QED) is 0.173. The fourth-order valence-corrected chi connectivity index (χ4v) is 8.93. The minimum absolute atomic E-state index is 0.140. The second-order valence-corrected chi connectivity index (χ2v) is 13.9. The predicted octanol–water partition coefficient (Wildman–Crippen LogP) is 8.57. The van der Waals surface area contributed by atoms with Crippen LogP contribution in [0, 0.1) is 0 Å². The van der Waals surface area contributed by atoms with Crippen molar-refractivity contribution in [3.8, 4) is 57.8 Å². The summed E-state index contributed by atoms with van der Waals surface area (Å²) in [5.41, 5.74) is 7.71. The van der Waals surface area contributed by atoms with E-state index >= 15 is 0 Å². The molecule has 6 heterocycles. The van der Waals surface area contributed by atoms with Crippen molar-refractivity contribution in [2.24, 2.45) is 0 Å². The summed E-state index contributed by atoms with van der Waals surface area (Å²) in [5, 5.41) is 4.50. The lowest BCUT2D eigenvalue weighted by Gasteiger charge is -2.37. The zero-order valence-corrected chi connectivity index (χ0v) is 28.4. The van der Waals surface area contributed by atoms with Crippen molar-refractivity contribution in [2.45, 2.75) is 0 Å². The molecule has 3 aliphatic heterocycles. The Labute approximate surface area is 307 Å². The van der Waals surface area contributed by atoms with Gasteiger partial charge >= 0.3 is 0 Å². The summed E-state index contributed by atoms with van der Waals surface area (Å²) in [4.78, 5) is 16.0. The van der Waals surface area contributed by atoms with E-state index in [2.05, 4.69) is 106 Å². The first-order valence-electron chi connectivity index (χ1n) is 18.0. The first-order valence-corrected chi connectivity index (χ1v) is 18.0. The second kappa shape index (κ2) is 10.1. The molecule has 0 aliphatic carbocycles. The standard InChI is InChI=1S/C45H24BN5O3/c1-5-15-30-25(11-1)26-12-2-6-16-31(26)50(30)44-47-43(48-45(49-44)51-32-17-7-3-13-27(32)28-14-4-8-18-33(28)51)29-23-24-38-41-42(29)54-37-22-10-21-36-40(37)46(41)39-34(52-36)19-9-20-35(39)53-38/h1-24H. The first kappa shape index (κ1) is 28.2. The average Bonchev–Trinajstić information content (AvgIpc) is 3.74. The van der Waals surface area contributed by atoms with Crippen LogP contribution >= 0.6 is 0 Å². The minimum atomic E-state index is -0.140. The molecular weight excluding hydrogens is 669 g/mol. The molecule has 54 heavy (non-hydrogen) atoms. The van der Waals surface area contributed by atoms with Crippen LogP contribution in [-0.2, 0) is 0 Å². The maximum absolute atomic E-state index is 6.90. The number of aromatic nitrogens is 5. The summed E-state index contributed by atoms with van der Waals surface area (Å²) in [7, 11) is 0. The summed E-state index contributed by atoms with van der Waals surface area (Å²) in [6, 6.07) is 49.6. The van der Waals surface area contributed by atoms with Gasteiger partial charge < -0.3 is 14.2 Å². The zero-order chi connectivity index (χ0) is 35.1. The molecule has 8 nitrogen and oxygen atoms in total. The van der Waals surface area contributed by atoms with Gasteiger partial charge in [-0.1, -0.05) is 84.9 Å². The van der Waals surface area contributed by atoms with Gasteiger partial charge in [0, 0.05) is 37.9 Å². The molecule has 0 amide bonds. The van der Waals surface area contributed by atoms with Gasteiger partial charge in [-0.2, -0.15) is 15.0 Å². The number of nitrogens with zero attached hydrogens (tertiary/aromatic N) is 5.